The Morgan fingerprint density at radius 2 is 1.95 bits per heavy atom. The molecule has 0 radical (unpaired) electrons. The molecule has 3 aliphatic rings. The maximum atomic E-state index is 12.6. The van der Waals surface area contributed by atoms with Crippen LogP contribution >= 0.6 is 0 Å². The Bertz CT molecular complexity index is 435. The van der Waals surface area contributed by atoms with Crippen molar-refractivity contribution in [2.45, 2.75) is 65.5 Å². The van der Waals surface area contributed by atoms with E-state index in [-0.39, 0.29) is 12.1 Å². The molecular formula is C17H28N2O2. The molecule has 2 unspecified atom stereocenters. The van der Waals surface area contributed by atoms with Gasteiger partial charge < -0.3 is 9.64 Å². The summed E-state index contributed by atoms with van der Waals surface area (Å²) in [5.74, 6) is 2.37. The first-order valence-electron chi connectivity index (χ1n) is 8.09. The SMILES string of the molecule is CC1C2C[C@H]1CN(C(=O)OC(C)(C)C)[C@H](CC#N)[C@H](C)C2. The number of hydrogen-bond donors (Lipinski definition) is 0. The highest BCUT2D eigenvalue weighted by Gasteiger charge is 2.45. The molecular weight excluding hydrogens is 264 g/mol. The van der Waals surface area contributed by atoms with Gasteiger partial charge in [-0.15, -0.1) is 0 Å². The summed E-state index contributed by atoms with van der Waals surface area (Å²) in [4.78, 5) is 14.4. The highest BCUT2D eigenvalue weighted by atomic mass is 16.6. The van der Waals surface area contributed by atoms with Crippen LogP contribution < -0.4 is 0 Å². The number of carbonyl (C=O) groups is 1. The van der Waals surface area contributed by atoms with Crippen molar-refractivity contribution in [3.8, 4) is 6.07 Å². The van der Waals surface area contributed by atoms with Crippen LogP contribution in [0.15, 0.2) is 0 Å². The van der Waals surface area contributed by atoms with Gasteiger partial charge in [0.2, 0.25) is 0 Å². The molecule has 0 aromatic rings. The van der Waals surface area contributed by atoms with E-state index in [1.54, 1.807) is 0 Å². The zero-order valence-electron chi connectivity index (χ0n) is 13.9. The number of rotatable bonds is 1. The van der Waals surface area contributed by atoms with Gasteiger partial charge >= 0.3 is 6.09 Å². The second kappa shape index (κ2) is 5.87. The summed E-state index contributed by atoms with van der Waals surface area (Å²) >= 11 is 0. The molecule has 5 atom stereocenters. The van der Waals surface area contributed by atoms with Gasteiger partial charge in [-0.2, -0.15) is 5.26 Å². The highest BCUT2D eigenvalue weighted by Crippen LogP contribution is 2.47. The molecule has 2 saturated heterocycles. The van der Waals surface area contributed by atoms with Crippen LogP contribution in [0.4, 0.5) is 4.79 Å². The molecule has 2 bridgehead atoms. The monoisotopic (exact) mass is 292 g/mol. The first-order valence-corrected chi connectivity index (χ1v) is 8.09. The molecule has 3 rings (SSSR count). The normalized spacial score (nSPS) is 36.0. The van der Waals surface area contributed by atoms with Crippen molar-refractivity contribution >= 4 is 6.09 Å². The van der Waals surface area contributed by atoms with Crippen molar-refractivity contribution in [1.29, 1.82) is 5.26 Å². The Morgan fingerprint density at radius 1 is 1.29 bits per heavy atom. The van der Waals surface area contributed by atoms with Crippen molar-refractivity contribution in [1.82, 2.24) is 4.90 Å². The minimum Gasteiger partial charge on any atom is -0.444 e. The molecule has 0 spiro atoms. The van der Waals surface area contributed by atoms with Crippen LogP contribution in [0.2, 0.25) is 0 Å². The van der Waals surface area contributed by atoms with Crippen molar-refractivity contribution in [2.24, 2.45) is 23.7 Å². The van der Waals surface area contributed by atoms with Gasteiger partial charge in [0.15, 0.2) is 0 Å². The minimum atomic E-state index is -0.492. The van der Waals surface area contributed by atoms with E-state index in [1.807, 2.05) is 25.7 Å². The molecule has 1 amide bonds. The summed E-state index contributed by atoms with van der Waals surface area (Å²) in [6.07, 6.45) is 2.47. The van der Waals surface area contributed by atoms with Gasteiger partial charge in [0, 0.05) is 6.54 Å². The van der Waals surface area contributed by atoms with Crippen LogP contribution in [0, 0.1) is 35.0 Å². The Balaban J connectivity index is 2.19. The minimum absolute atomic E-state index is 0.0114. The predicted octanol–water partition coefficient (Wildman–Crippen LogP) is 3.82. The average Bonchev–Trinajstić information content (AvgIpc) is 2.35. The molecule has 0 aromatic carbocycles. The fourth-order valence-electron chi connectivity index (χ4n) is 3.82. The third-order valence-electron chi connectivity index (χ3n) is 5.18. The molecule has 2 heterocycles. The highest BCUT2D eigenvalue weighted by molar-refractivity contribution is 5.68. The van der Waals surface area contributed by atoms with Gasteiger partial charge in [0.05, 0.1) is 18.5 Å². The van der Waals surface area contributed by atoms with Crippen LogP contribution in [0.25, 0.3) is 0 Å². The van der Waals surface area contributed by atoms with Crippen LogP contribution in [0.5, 0.6) is 0 Å². The van der Waals surface area contributed by atoms with E-state index in [9.17, 15) is 4.79 Å². The number of fused-ring (bicyclic) bond motifs is 4. The first-order chi connectivity index (χ1) is 9.73. The lowest BCUT2D eigenvalue weighted by molar-refractivity contribution is -0.0399. The van der Waals surface area contributed by atoms with Gasteiger partial charge in [-0.25, -0.2) is 4.79 Å². The molecule has 0 aromatic heterocycles. The topological polar surface area (TPSA) is 53.3 Å². The Morgan fingerprint density at radius 3 is 2.48 bits per heavy atom. The van der Waals surface area contributed by atoms with E-state index in [0.717, 1.165) is 18.9 Å². The third-order valence-corrected chi connectivity index (χ3v) is 5.18. The van der Waals surface area contributed by atoms with E-state index >= 15 is 0 Å². The Kier molecular flexibility index (Phi) is 4.51. The molecule has 118 valence electrons. The molecule has 1 saturated carbocycles. The Labute approximate surface area is 128 Å². The van der Waals surface area contributed by atoms with Gasteiger partial charge in [-0.3, -0.25) is 0 Å². The van der Waals surface area contributed by atoms with E-state index < -0.39 is 5.60 Å². The second-order valence-electron chi connectivity index (χ2n) is 7.89. The fraction of sp³-hybridized carbons (Fsp3) is 0.882. The van der Waals surface area contributed by atoms with Crippen LogP contribution in [0.3, 0.4) is 0 Å². The zero-order valence-corrected chi connectivity index (χ0v) is 13.9. The number of amides is 1. The number of hydrogen-bond acceptors (Lipinski definition) is 3. The van der Waals surface area contributed by atoms with E-state index in [0.29, 0.717) is 24.2 Å². The molecule has 21 heavy (non-hydrogen) atoms. The number of nitrogens with zero attached hydrogens (tertiary/aromatic N) is 2. The van der Waals surface area contributed by atoms with Gasteiger partial charge in [-0.1, -0.05) is 13.8 Å². The van der Waals surface area contributed by atoms with Gasteiger partial charge in [0.25, 0.3) is 0 Å². The van der Waals surface area contributed by atoms with Crippen molar-refractivity contribution in [2.75, 3.05) is 6.54 Å². The molecule has 4 nitrogen and oxygen atoms in total. The summed E-state index contributed by atoms with van der Waals surface area (Å²) in [6.45, 7) is 10.9. The molecule has 1 aliphatic carbocycles. The summed E-state index contributed by atoms with van der Waals surface area (Å²) in [5.41, 5.74) is -0.492. The maximum absolute atomic E-state index is 12.6. The van der Waals surface area contributed by atoms with Crippen LogP contribution in [0.1, 0.15) is 53.9 Å². The number of nitriles is 1. The maximum Gasteiger partial charge on any atom is 0.410 e. The fourth-order valence-corrected chi connectivity index (χ4v) is 3.82. The lowest BCUT2D eigenvalue weighted by Crippen LogP contribution is -2.55. The van der Waals surface area contributed by atoms with Gasteiger partial charge in [-0.05, 0) is 57.3 Å². The zero-order chi connectivity index (χ0) is 15.8. The van der Waals surface area contributed by atoms with E-state index in [2.05, 4.69) is 19.9 Å². The number of ether oxygens (including phenoxy) is 1. The van der Waals surface area contributed by atoms with Crippen LogP contribution in [-0.4, -0.2) is 29.2 Å². The van der Waals surface area contributed by atoms with Crippen molar-refractivity contribution in [3.05, 3.63) is 0 Å². The summed E-state index contributed by atoms with van der Waals surface area (Å²) in [5, 5.41) is 9.13. The first kappa shape index (κ1) is 16.1. The number of carbonyl (C=O) groups excluding carboxylic acids is 1. The standard InChI is InChI=1S/C17H28N2O2/c1-11-8-13-9-14(12(13)2)10-19(15(11)6-7-18)16(20)21-17(3,4)5/h11-15H,6,8-10H2,1-5H3/t11-,12?,13?,14+,15-/m1/s1. The third kappa shape index (κ3) is 3.51. The van der Waals surface area contributed by atoms with Crippen molar-refractivity contribution in [3.63, 3.8) is 0 Å². The summed E-state index contributed by atoms with van der Waals surface area (Å²) in [6, 6.07) is 2.24. The lowest BCUT2D eigenvalue weighted by Gasteiger charge is -2.51. The summed E-state index contributed by atoms with van der Waals surface area (Å²) < 4.78 is 5.58. The van der Waals surface area contributed by atoms with E-state index in [1.165, 1.54) is 6.42 Å². The largest absolute Gasteiger partial charge is 0.444 e. The average molecular weight is 292 g/mol. The quantitative estimate of drug-likeness (QED) is 0.738. The molecule has 3 fully saturated rings. The molecule has 4 heteroatoms. The molecule has 0 N–H and O–H groups in total. The second-order valence-corrected chi connectivity index (χ2v) is 7.89. The van der Waals surface area contributed by atoms with Crippen LogP contribution in [-0.2, 0) is 4.74 Å². The predicted molar refractivity (Wildman–Crippen MR) is 81.5 cm³/mol. The van der Waals surface area contributed by atoms with Crippen molar-refractivity contribution < 1.29 is 9.53 Å². The Hall–Kier alpha value is -1.24. The lowest BCUT2D eigenvalue weighted by atomic mass is 9.61. The summed E-state index contributed by atoms with van der Waals surface area (Å²) in [7, 11) is 0. The van der Waals surface area contributed by atoms with E-state index in [4.69, 9.17) is 10.00 Å². The van der Waals surface area contributed by atoms with Gasteiger partial charge in [0.1, 0.15) is 5.60 Å². The molecule has 2 aliphatic heterocycles. The smallest absolute Gasteiger partial charge is 0.410 e.